The van der Waals surface area contributed by atoms with Gasteiger partial charge in [0.1, 0.15) is 6.04 Å². The topological polar surface area (TPSA) is 65.3 Å². The van der Waals surface area contributed by atoms with Crippen LogP contribution in [0.5, 0.6) is 11.5 Å². The highest BCUT2D eigenvalue weighted by Gasteiger charge is 2.19. The van der Waals surface area contributed by atoms with Crippen molar-refractivity contribution in [2.75, 3.05) is 6.61 Å². The van der Waals surface area contributed by atoms with Crippen molar-refractivity contribution in [2.45, 2.75) is 51.1 Å². The molecule has 1 unspecified atom stereocenters. The Morgan fingerprint density at radius 1 is 1.40 bits per heavy atom. The minimum absolute atomic E-state index is 0.116. The average molecular weight is 274 g/mol. The van der Waals surface area contributed by atoms with E-state index in [1.807, 2.05) is 6.92 Å². The molecule has 0 spiro atoms. The molecule has 1 saturated carbocycles. The molecule has 0 amide bonds. The van der Waals surface area contributed by atoms with Crippen LogP contribution in [-0.2, 0) is 0 Å². The van der Waals surface area contributed by atoms with Crippen molar-refractivity contribution in [3.05, 3.63) is 23.8 Å². The highest BCUT2D eigenvalue weighted by atomic mass is 16.5. The third kappa shape index (κ3) is 3.64. The van der Waals surface area contributed by atoms with Crippen LogP contribution >= 0.6 is 0 Å². The molecule has 1 aromatic carbocycles. The normalized spacial score (nSPS) is 17.4. The van der Waals surface area contributed by atoms with E-state index in [2.05, 4.69) is 11.4 Å². The molecular formula is C16H22N2O2. The Hall–Kier alpha value is -1.73. The second-order valence-electron chi connectivity index (χ2n) is 5.22. The van der Waals surface area contributed by atoms with Crippen LogP contribution in [0.15, 0.2) is 18.2 Å². The zero-order chi connectivity index (χ0) is 14.4. The monoisotopic (exact) mass is 274 g/mol. The molecule has 0 aliphatic heterocycles. The van der Waals surface area contributed by atoms with E-state index in [4.69, 9.17) is 4.74 Å². The maximum atomic E-state index is 9.71. The average Bonchev–Trinajstić information content (AvgIpc) is 2.48. The number of ether oxygens (including phenoxy) is 1. The predicted molar refractivity (Wildman–Crippen MR) is 77.6 cm³/mol. The van der Waals surface area contributed by atoms with E-state index in [1.165, 1.54) is 19.3 Å². The first-order chi connectivity index (χ1) is 9.74. The zero-order valence-corrected chi connectivity index (χ0v) is 11.9. The van der Waals surface area contributed by atoms with Gasteiger partial charge in [0.15, 0.2) is 11.5 Å². The number of phenolic OH excluding ortho intramolecular Hbond substituents is 1. The molecule has 4 nitrogen and oxygen atoms in total. The van der Waals surface area contributed by atoms with Crippen LogP contribution in [0, 0.1) is 11.3 Å². The molecule has 0 radical (unpaired) electrons. The fourth-order valence-corrected chi connectivity index (χ4v) is 2.69. The van der Waals surface area contributed by atoms with Crippen LogP contribution in [-0.4, -0.2) is 17.8 Å². The van der Waals surface area contributed by atoms with Crippen molar-refractivity contribution < 1.29 is 9.84 Å². The number of nitrogens with one attached hydrogen (secondary N) is 1. The van der Waals surface area contributed by atoms with Crippen molar-refractivity contribution in [3.63, 3.8) is 0 Å². The van der Waals surface area contributed by atoms with Gasteiger partial charge in [-0.25, -0.2) is 0 Å². The lowest BCUT2D eigenvalue weighted by Gasteiger charge is -2.25. The second-order valence-corrected chi connectivity index (χ2v) is 5.22. The number of hydrogen-bond acceptors (Lipinski definition) is 4. The molecule has 4 heteroatoms. The van der Waals surface area contributed by atoms with Gasteiger partial charge in [0.05, 0.1) is 12.7 Å². The van der Waals surface area contributed by atoms with E-state index in [0.29, 0.717) is 18.4 Å². The second kappa shape index (κ2) is 7.16. The maximum Gasteiger partial charge on any atom is 0.161 e. The van der Waals surface area contributed by atoms with Crippen LogP contribution < -0.4 is 10.1 Å². The van der Waals surface area contributed by atoms with Gasteiger partial charge in [-0.15, -0.1) is 0 Å². The summed E-state index contributed by atoms with van der Waals surface area (Å²) in [4.78, 5) is 0. The van der Waals surface area contributed by atoms with Crippen LogP contribution in [0.25, 0.3) is 0 Å². The summed E-state index contributed by atoms with van der Waals surface area (Å²) in [5.74, 6) is 0.556. The molecule has 0 aromatic heterocycles. The molecule has 20 heavy (non-hydrogen) atoms. The fraction of sp³-hybridized carbons (Fsp3) is 0.562. The smallest absolute Gasteiger partial charge is 0.161 e. The van der Waals surface area contributed by atoms with Gasteiger partial charge in [-0.05, 0) is 37.5 Å². The third-order valence-corrected chi connectivity index (χ3v) is 3.75. The molecule has 1 aliphatic rings. The largest absolute Gasteiger partial charge is 0.504 e. The van der Waals surface area contributed by atoms with E-state index in [-0.39, 0.29) is 11.8 Å². The number of nitriles is 1. The van der Waals surface area contributed by atoms with E-state index >= 15 is 0 Å². The molecule has 0 heterocycles. The van der Waals surface area contributed by atoms with Gasteiger partial charge in [0, 0.05) is 6.04 Å². The van der Waals surface area contributed by atoms with Crippen molar-refractivity contribution >= 4 is 0 Å². The van der Waals surface area contributed by atoms with E-state index < -0.39 is 0 Å². The summed E-state index contributed by atoms with van der Waals surface area (Å²) in [6.45, 7) is 2.36. The first kappa shape index (κ1) is 14.7. The summed E-state index contributed by atoms with van der Waals surface area (Å²) in [5, 5.41) is 22.5. The molecule has 1 fully saturated rings. The van der Waals surface area contributed by atoms with Crippen molar-refractivity contribution in [1.82, 2.24) is 5.32 Å². The van der Waals surface area contributed by atoms with Gasteiger partial charge < -0.3 is 9.84 Å². The Kier molecular flexibility index (Phi) is 5.25. The standard InChI is InChI=1S/C16H22N2O2/c1-2-20-16-10-12(8-9-15(16)19)14(11-17)18-13-6-4-3-5-7-13/h8-10,13-14,18-19H,2-7H2,1H3. The number of aromatic hydroxyl groups is 1. The Bertz CT molecular complexity index is 476. The quantitative estimate of drug-likeness (QED) is 0.864. The van der Waals surface area contributed by atoms with E-state index in [9.17, 15) is 10.4 Å². The molecule has 108 valence electrons. The van der Waals surface area contributed by atoms with Crippen molar-refractivity contribution in [3.8, 4) is 17.6 Å². The summed E-state index contributed by atoms with van der Waals surface area (Å²) in [6, 6.07) is 7.49. The summed E-state index contributed by atoms with van der Waals surface area (Å²) in [6.07, 6.45) is 6.03. The minimum atomic E-state index is -0.349. The van der Waals surface area contributed by atoms with Gasteiger partial charge in [0.25, 0.3) is 0 Å². The Balaban J connectivity index is 2.10. The number of nitrogens with zero attached hydrogens (tertiary/aromatic N) is 1. The molecule has 2 rings (SSSR count). The number of phenols is 1. The van der Waals surface area contributed by atoms with Gasteiger partial charge in [-0.2, -0.15) is 5.26 Å². The molecule has 1 aromatic rings. The summed E-state index contributed by atoms with van der Waals surface area (Å²) >= 11 is 0. The lowest BCUT2D eigenvalue weighted by Crippen LogP contribution is -2.33. The fourth-order valence-electron chi connectivity index (χ4n) is 2.69. The van der Waals surface area contributed by atoms with Crippen LogP contribution in [0.3, 0.4) is 0 Å². The summed E-state index contributed by atoms with van der Waals surface area (Å²) in [5.41, 5.74) is 0.847. The summed E-state index contributed by atoms with van der Waals surface area (Å²) in [7, 11) is 0. The molecule has 0 bridgehead atoms. The van der Waals surface area contributed by atoms with Crippen LogP contribution in [0.4, 0.5) is 0 Å². The maximum absolute atomic E-state index is 9.71. The first-order valence-electron chi connectivity index (χ1n) is 7.36. The number of benzene rings is 1. The lowest BCUT2D eigenvalue weighted by atomic mass is 9.94. The highest BCUT2D eigenvalue weighted by Crippen LogP contribution is 2.30. The van der Waals surface area contributed by atoms with Crippen molar-refractivity contribution in [1.29, 1.82) is 5.26 Å². The van der Waals surface area contributed by atoms with Gasteiger partial charge >= 0.3 is 0 Å². The van der Waals surface area contributed by atoms with Crippen LogP contribution in [0.2, 0.25) is 0 Å². The van der Waals surface area contributed by atoms with Gasteiger partial charge in [-0.1, -0.05) is 25.3 Å². The number of hydrogen-bond donors (Lipinski definition) is 2. The molecule has 1 aliphatic carbocycles. The molecule has 0 saturated heterocycles. The molecule has 1 atom stereocenters. The Labute approximate surface area is 120 Å². The first-order valence-corrected chi connectivity index (χ1v) is 7.36. The molecular weight excluding hydrogens is 252 g/mol. The molecule has 2 N–H and O–H groups in total. The minimum Gasteiger partial charge on any atom is -0.504 e. The zero-order valence-electron chi connectivity index (χ0n) is 11.9. The number of rotatable bonds is 5. The summed E-state index contributed by atoms with van der Waals surface area (Å²) < 4.78 is 5.37. The van der Waals surface area contributed by atoms with Crippen molar-refractivity contribution in [2.24, 2.45) is 0 Å². The Morgan fingerprint density at radius 3 is 2.80 bits per heavy atom. The van der Waals surface area contributed by atoms with Crippen LogP contribution in [0.1, 0.15) is 50.6 Å². The van der Waals surface area contributed by atoms with E-state index in [0.717, 1.165) is 18.4 Å². The SMILES string of the molecule is CCOc1cc(C(C#N)NC2CCCCC2)ccc1O. The van der Waals surface area contributed by atoms with E-state index in [1.54, 1.807) is 18.2 Å². The third-order valence-electron chi connectivity index (χ3n) is 3.75. The predicted octanol–water partition coefficient (Wildman–Crippen LogP) is 3.28. The lowest BCUT2D eigenvalue weighted by molar-refractivity contribution is 0.316. The van der Waals surface area contributed by atoms with Gasteiger partial charge in [0.2, 0.25) is 0 Å². The highest BCUT2D eigenvalue weighted by molar-refractivity contribution is 5.43. The van der Waals surface area contributed by atoms with Gasteiger partial charge in [-0.3, -0.25) is 5.32 Å². The Morgan fingerprint density at radius 2 is 2.15 bits per heavy atom.